The average Bonchev–Trinajstić information content (AvgIpc) is 0.755. The van der Waals surface area contributed by atoms with Crippen LogP contribution in [0.4, 0.5) is 10.2 Å². The maximum Gasteiger partial charge on any atom is 0.349 e. The fraction of sp³-hybridized carbons (Fsp3) is 0.373. The first-order chi connectivity index (χ1) is 60.7. The number of amides is 10. The summed E-state index contributed by atoms with van der Waals surface area (Å²) in [5.74, 6) is -18.9. The van der Waals surface area contributed by atoms with Crippen LogP contribution in [0.2, 0.25) is 15.1 Å². The number of rotatable bonds is 23. The first kappa shape index (κ1) is 94.9. The molecule has 0 spiro atoms. The molecule has 10 amide bonds. The van der Waals surface area contributed by atoms with Gasteiger partial charge >= 0.3 is 5.69 Å². The monoisotopic (exact) mass is 1840 g/mol. The fourth-order valence-electron chi connectivity index (χ4n) is 15.0. The number of nitrogens with zero attached hydrogens (tertiary/aromatic N) is 2. The first-order valence-corrected chi connectivity index (χ1v) is 40.7. The van der Waals surface area contributed by atoms with Gasteiger partial charge in [-0.05, 0) is 145 Å². The summed E-state index contributed by atoms with van der Waals surface area (Å²) in [5, 5.41) is 129. The predicted molar refractivity (Wildman–Crippen MR) is 446 cm³/mol. The average molecular weight is 1840 g/mol. The van der Waals surface area contributed by atoms with Crippen molar-refractivity contribution in [3.05, 3.63) is 180 Å². The molecule has 0 aliphatic carbocycles. The minimum atomic E-state index is -2.43. The summed E-state index contributed by atoms with van der Waals surface area (Å²) in [4.78, 5) is 167. The van der Waals surface area contributed by atoms with Gasteiger partial charge in [-0.15, -0.1) is 0 Å². The van der Waals surface area contributed by atoms with Crippen LogP contribution < -0.4 is 84.7 Å². The van der Waals surface area contributed by atoms with E-state index in [0.29, 0.717) is 5.56 Å². The number of phenols is 3. The molecule has 18 atom stereocenters. The van der Waals surface area contributed by atoms with Crippen LogP contribution >= 0.6 is 34.8 Å². The summed E-state index contributed by atoms with van der Waals surface area (Å²) < 4.78 is 54.2. The van der Waals surface area contributed by atoms with Crippen LogP contribution in [0.3, 0.4) is 0 Å². The van der Waals surface area contributed by atoms with Gasteiger partial charge in [-0.1, -0.05) is 72.9 Å². The van der Waals surface area contributed by atoms with Crippen molar-refractivity contribution in [2.24, 2.45) is 17.4 Å². The van der Waals surface area contributed by atoms with Gasteiger partial charge in [0.1, 0.15) is 107 Å². The zero-order chi connectivity index (χ0) is 92.8. The minimum Gasteiger partial charge on any atom is -0.508 e. The zero-order valence-electron chi connectivity index (χ0n) is 68.3. The predicted octanol–water partition coefficient (Wildman–Crippen LogP) is 0.887. The number of hydrogen-bond acceptors (Lipinski definition) is 30. The maximum atomic E-state index is 16.3. The van der Waals surface area contributed by atoms with Gasteiger partial charge in [-0.25, -0.2) is 14.7 Å². The van der Waals surface area contributed by atoms with Gasteiger partial charge in [0.05, 0.1) is 46.3 Å². The number of aliphatic hydroxyl groups excluding tert-OH is 6. The van der Waals surface area contributed by atoms with Crippen molar-refractivity contribution < 1.29 is 132 Å². The highest BCUT2D eigenvalue weighted by molar-refractivity contribution is 6.32. The highest BCUT2D eigenvalue weighted by atomic mass is 35.5. The van der Waals surface area contributed by atoms with E-state index in [-0.39, 0.29) is 53.8 Å². The lowest BCUT2D eigenvalue weighted by Gasteiger charge is -2.48. The number of carbonyl (C=O) groups is 10. The van der Waals surface area contributed by atoms with Gasteiger partial charge < -0.3 is 134 Å². The molecule has 682 valence electrons. The van der Waals surface area contributed by atoms with Crippen molar-refractivity contribution in [2.45, 2.75) is 163 Å². The number of likely N-dealkylation sites (N-methyl/N-ethyl adjacent to an activating group) is 1. The number of benzene rings is 6. The van der Waals surface area contributed by atoms with Gasteiger partial charge in [0, 0.05) is 54.5 Å². The van der Waals surface area contributed by atoms with E-state index in [0.717, 1.165) is 84.9 Å². The summed E-state index contributed by atoms with van der Waals surface area (Å²) >= 11 is 20.2. The molecule has 0 radical (unpaired) electrons. The Bertz CT molecular complexity index is 5560. The third kappa shape index (κ3) is 21.8. The summed E-state index contributed by atoms with van der Waals surface area (Å²) in [5.41, 5.74) is 8.04. The molecule has 23 N–H and O–H groups in total. The van der Waals surface area contributed by atoms with Gasteiger partial charge in [-0.3, -0.25) is 57.4 Å². The second-order valence-electron chi connectivity index (χ2n) is 31.2. The largest absolute Gasteiger partial charge is 0.508 e. The Kier molecular flexibility index (Phi) is 29.9. The Morgan fingerprint density at radius 3 is 2.01 bits per heavy atom. The Balaban J connectivity index is 0.994. The van der Waals surface area contributed by atoms with Crippen molar-refractivity contribution in [1.29, 1.82) is 0 Å². The number of hydroxylamine groups is 1. The van der Waals surface area contributed by atoms with Crippen LogP contribution in [0.25, 0.3) is 17.2 Å². The van der Waals surface area contributed by atoms with E-state index in [1.54, 1.807) is 20.8 Å². The molecule has 2 saturated heterocycles. The Hall–Kier alpha value is -12.2. The molecular formula is C83H90Cl3FN14O27. The Labute approximate surface area is 740 Å². The fourth-order valence-corrected chi connectivity index (χ4v) is 15.6. The number of nitrogens with one attached hydrogen (secondary N) is 10. The number of phenolic OH excluding ortho intramolecular Hbond substituents is 3. The maximum absolute atomic E-state index is 16.3. The summed E-state index contributed by atoms with van der Waals surface area (Å²) in [6.45, 7) is 4.47. The van der Waals surface area contributed by atoms with Crippen LogP contribution in [-0.2, 0) is 73.5 Å². The molecule has 0 saturated carbocycles. The van der Waals surface area contributed by atoms with E-state index >= 15 is 24.0 Å². The third-order valence-electron chi connectivity index (χ3n) is 21.5. The number of ether oxygens (including phenoxy) is 6. The summed E-state index contributed by atoms with van der Waals surface area (Å²) in [6.07, 6.45) is -16.1. The topological polar surface area (TPSA) is 625 Å². The number of halogens is 4. The number of aromatic nitrogens is 2. The summed E-state index contributed by atoms with van der Waals surface area (Å²) in [6, 6.07) is 3.81. The number of aliphatic hydroxyl groups is 6. The number of anilines is 1. The van der Waals surface area contributed by atoms with Gasteiger partial charge in [-0.2, -0.15) is 4.98 Å². The van der Waals surface area contributed by atoms with Gasteiger partial charge in [0.15, 0.2) is 30.5 Å². The van der Waals surface area contributed by atoms with Crippen molar-refractivity contribution in [2.75, 3.05) is 32.1 Å². The number of hydrogen-bond donors (Lipinski definition) is 21. The van der Waals surface area contributed by atoms with E-state index in [4.69, 9.17) is 79.5 Å². The van der Waals surface area contributed by atoms with E-state index in [1.807, 2.05) is 5.48 Å². The molecule has 7 aliphatic rings. The zero-order valence-corrected chi connectivity index (χ0v) is 70.6. The third-order valence-corrected chi connectivity index (χ3v) is 22.4. The molecule has 7 aromatic rings. The number of primary amides is 2. The molecule has 2 fully saturated rings. The summed E-state index contributed by atoms with van der Waals surface area (Å²) in [7, 11) is 1.46. The Morgan fingerprint density at radius 1 is 0.719 bits per heavy atom. The highest BCUT2D eigenvalue weighted by Crippen LogP contribution is 2.50. The second kappa shape index (κ2) is 40.4. The van der Waals surface area contributed by atoms with Gasteiger partial charge in [0.2, 0.25) is 65.2 Å². The number of aromatic hydroxyl groups is 3. The van der Waals surface area contributed by atoms with Crippen LogP contribution in [0.1, 0.15) is 111 Å². The Morgan fingerprint density at radius 2 is 1.38 bits per heavy atom. The highest BCUT2D eigenvalue weighted by Gasteiger charge is 2.52. The molecule has 45 heteroatoms. The van der Waals surface area contributed by atoms with Crippen LogP contribution in [0, 0.1) is 11.7 Å². The quantitative estimate of drug-likeness (QED) is 0.0312. The van der Waals surface area contributed by atoms with E-state index in [1.165, 1.54) is 55.1 Å². The molecule has 11 bridgehead atoms. The molecule has 128 heavy (non-hydrogen) atoms. The lowest BCUT2D eigenvalue weighted by atomic mass is 9.85. The minimum absolute atomic E-state index is 0.0722. The van der Waals surface area contributed by atoms with E-state index < -0.39 is 283 Å². The second-order valence-corrected chi connectivity index (χ2v) is 32.4. The smallest absolute Gasteiger partial charge is 0.349 e. The molecule has 41 nitrogen and oxygen atoms in total. The lowest BCUT2D eigenvalue weighted by Crippen LogP contribution is -2.65. The molecule has 8 heterocycles. The SMILES string of the molecule is CNC(CC(C)C)C(=O)NC1C(=O)NC(CC(N)=O)C(=O)NC2C(=O)NC3C(=O)NC(C(=O)NC(C(=O)NOCC(N)=O)c4cc(O)cc(O)c4-c4cc3ccc4O)C(O)c3ccc(c(Cl)c3)Oc3cc2cc(c3OC2OC(CO)C(O)C(O)C2OC2CC(C)(NCCn3ccc(NC(=O)C=Cc4ccc(F)c(Cl)c4)nc3=O)C(O)C(C)O2)Oc2ccc(cc2Cl)C1O. The van der Waals surface area contributed by atoms with Crippen LogP contribution in [-0.4, -0.2) is 220 Å². The van der Waals surface area contributed by atoms with Crippen LogP contribution in [0.5, 0.6) is 46.0 Å². The molecule has 1 aromatic heterocycles. The number of nitrogens with two attached hydrogens (primary N) is 2. The van der Waals surface area contributed by atoms with E-state index in [9.17, 15) is 79.1 Å². The van der Waals surface area contributed by atoms with Gasteiger partial charge in [0.25, 0.3) is 5.91 Å². The van der Waals surface area contributed by atoms with E-state index in [2.05, 4.69) is 52.8 Å². The molecule has 6 aromatic carbocycles. The lowest BCUT2D eigenvalue weighted by molar-refractivity contribution is -0.334. The van der Waals surface area contributed by atoms with Crippen molar-refractivity contribution in [3.63, 3.8) is 0 Å². The number of carbonyl (C=O) groups excluding carboxylic acids is 10. The first-order valence-electron chi connectivity index (χ1n) is 39.6. The standard InChI is InChI=1S/C83H90Cl3FN14O27/c1-33(2)20-47(90-5)74(114)98-65-67(109)37-9-13-51(44(85)23-37)124-53-25-39-26-54(71(53)128-81-72(70(112)69(111)55(31-102)126-81)127-60-30-83(4,73(113)34(3)123-60)91-17-19-101-18-16-58(94-82(101)121)93-59(108)15-7-35-6-11-46(87)43(84)21-35)125-52-14-10-38(24-45(52)86)68(110)66-79(119)97-64(80(120)100-122-32-57(89)107)42-27-40(103)28-50(105)61(42)41-22-36(8-12-49(41)104)62(76(116)99-66)96-77(117)63(39)95-75(115)48(29-56(88)106)92-78(65)118/h6-16,18,21-28,33-34,47-48,55,60,62-70,72-73,81,90-91,102-105,109-113H,17,19-20,29-32H2,1-5H3,(H2,88,106)(H2,89,107)(H,92,118)(H,95,115)(H,96,117)(H,97,119)(H,98,114)(H,99,116)(H,100,120)(H,93,94,108,121). The number of fused-ring (bicyclic) bond motifs is 15. The van der Waals surface area contributed by atoms with Crippen LogP contribution in [0.15, 0.2) is 120 Å². The van der Waals surface area contributed by atoms with Crippen molar-refractivity contribution >= 4 is 106 Å². The molecule has 18 unspecified atom stereocenters. The normalized spacial score (nSPS) is 25.6. The molecule has 14 rings (SSSR count). The molecule has 7 aliphatic heterocycles. The van der Waals surface area contributed by atoms with Crippen molar-refractivity contribution in [1.82, 2.24) is 57.6 Å². The molecular weight excluding hydrogens is 1750 g/mol. The van der Waals surface area contributed by atoms with Crippen molar-refractivity contribution in [3.8, 4) is 57.1 Å².